The first kappa shape index (κ1) is 9.41. The van der Waals surface area contributed by atoms with Crippen LogP contribution in [-0.4, -0.2) is 12.8 Å². The van der Waals surface area contributed by atoms with Crippen LogP contribution in [0.3, 0.4) is 0 Å². The van der Waals surface area contributed by atoms with Gasteiger partial charge >= 0.3 is 0 Å². The SMILES string of the molecule is Brc1ccc(C2C[C]=NC2)cc1Br. The highest BCUT2D eigenvalue weighted by Crippen LogP contribution is 2.29. The molecule has 0 N–H and O–H groups in total. The van der Waals surface area contributed by atoms with E-state index in [1.54, 1.807) is 0 Å². The van der Waals surface area contributed by atoms with Gasteiger partial charge < -0.3 is 0 Å². The Morgan fingerprint density at radius 3 is 2.77 bits per heavy atom. The van der Waals surface area contributed by atoms with E-state index in [-0.39, 0.29) is 0 Å². The molecule has 0 saturated carbocycles. The van der Waals surface area contributed by atoms with Crippen molar-refractivity contribution in [3.8, 4) is 0 Å². The molecule has 0 bridgehead atoms. The van der Waals surface area contributed by atoms with Crippen LogP contribution in [-0.2, 0) is 0 Å². The quantitative estimate of drug-likeness (QED) is 0.751. The normalized spacial score (nSPS) is 20.9. The fourth-order valence-corrected chi connectivity index (χ4v) is 2.05. The third kappa shape index (κ3) is 2.02. The van der Waals surface area contributed by atoms with Crippen molar-refractivity contribution in [1.29, 1.82) is 0 Å². The average Bonchev–Trinajstić information content (AvgIpc) is 2.62. The molecule has 1 atom stereocenters. The molecule has 1 aliphatic rings. The van der Waals surface area contributed by atoms with Crippen LogP contribution in [0, 0.1) is 0 Å². The van der Waals surface area contributed by atoms with Crippen LogP contribution < -0.4 is 0 Å². The van der Waals surface area contributed by atoms with Crippen LogP contribution >= 0.6 is 31.9 Å². The molecule has 1 aromatic carbocycles. The lowest BCUT2D eigenvalue weighted by molar-refractivity contribution is 0.780. The number of hydrogen-bond acceptors (Lipinski definition) is 1. The van der Waals surface area contributed by atoms with Gasteiger partial charge in [-0.1, -0.05) is 6.07 Å². The fraction of sp³-hybridized carbons (Fsp3) is 0.300. The molecule has 1 nitrogen and oxygen atoms in total. The minimum absolute atomic E-state index is 0.532. The Hall–Kier alpha value is -0.150. The van der Waals surface area contributed by atoms with Crippen LogP contribution in [0.4, 0.5) is 0 Å². The maximum absolute atomic E-state index is 4.12. The van der Waals surface area contributed by atoms with E-state index in [0.29, 0.717) is 5.92 Å². The van der Waals surface area contributed by atoms with Gasteiger partial charge in [0.15, 0.2) is 0 Å². The molecule has 0 aliphatic carbocycles. The van der Waals surface area contributed by atoms with Gasteiger partial charge in [-0.2, -0.15) is 0 Å². The zero-order chi connectivity index (χ0) is 9.26. The number of hydrogen-bond donors (Lipinski definition) is 0. The molecule has 0 spiro atoms. The standard InChI is InChI=1S/C10H8Br2N/c11-9-2-1-7(5-10(9)12)8-3-4-13-6-8/h1-2,5,8H,3,6H2. The molecular weight excluding hydrogens is 294 g/mol. The summed E-state index contributed by atoms with van der Waals surface area (Å²) < 4.78 is 2.20. The minimum atomic E-state index is 0.532. The molecule has 0 fully saturated rings. The first-order valence-corrected chi connectivity index (χ1v) is 5.70. The Labute approximate surface area is 94.5 Å². The number of aliphatic imine (C=N–C) groups is 1. The van der Waals surface area contributed by atoms with Crippen molar-refractivity contribution in [3.05, 3.63) is 32.7 Å². The molecule has 1 aromatic rings. The van der Waals surface area contributed by atoms with Crippen molar-refractivity contribution < 1.29 is 0 Å². The van der Waals surface area contributed by atoms with Crippen molar-refractivity contribution in [3.63, 3.8) is 0 Å². The summed E-state index contributed by atoms with van der Waals surface area (Å²) >= 11 is 6.95. The Morgan fingerprint density at radius 1 is 1.31 bits per heavy atom. The van der Waals surface area contributed by atoms with Gasteiger partial charge in [0, 0.05) is 21.4 Å². The summed E-state index contributed by atoms with van der Waals surface area (Å²) in [6.45, 7) is 0.883. The lowest BCUT2D eigenvalue weighted by atomic mass is 9.98. The predicted octanol–water partition coefficient (Wildman–Crippen LogP) is 3.65. The van der Waals surface area contributed by atoms with E-state index in [0.717, 1.165) is 21.9 Å². The van der Waals surface area contributed by atoms with Gasteiger partial charge in [0.05, 0.1) is 6.21 Å². The molecule has 0 aromatic heterocycles. The van der Waals surface area contributed by atoms with Crippen LogP contribution in [0.25, 0.3) is 0 Å². The summed E-state index contributed by atoms with van der Waals surface area (Å²) in [6, 6.07) is 6.36. The van der Waals surface area contributed by atoms with E-state index in [1.165, 1.54) is 5.56 Å². The van der Waals surface area contributed by atoms with Gasteiger partial charge in [-0.15, -0.1) is 0 Å². The molecule has 0 saturated heterocycles. The zero-order valence-corrected chi connectivity index (χ0v) is 10.1. The molecule has 67 valence electrons. The second-order valence-electron chi connectivity index (χ2n) is 3.07. The molecule has 2 rings (SSSR count). The van der Waals surface area contributed by atoms with Crippen LogP contribution in [0.15, 0.2) is 32.1 Å². The smallest absolute Gasteiger partial charge is 0.0565 e. The lowest BCUT2D eigenvalue weighted by Crippen LogP contribution is -1.97. The Kier molecular flexibility index (Phi) is 2.84. The molecular formula is C10H8Br2N. The largest absolute Gasteiger partial charge is 0.287 e. The van der Waals surface area contributed by atoms with Crippen molar-refractivity contribution in [2.75, 3.05) is 6.54 Å². The summed E-state index contributed by atoms with van der Waals surface area (Å²) in [5.74, 6) is 0.532. The summed E-state index contributed by atoms with van der Waals surface area (Å²) in [5.41, 5.74) is 1.34. The van der Waals surface area contributed by atoms with E-state index < -0.39 is 0 Å². The Bertz CT molecular complexity index is 339. The van der Waals surface area contributed by atoms with Gasteiger partial charge in [-0.05, 0) is 56.0 Å². The van der Waals surface area contributed by atoms with E-state index in [2.05, 4.69) is 61.3 Å². The predicted molar refractivity (Wildman–Crippen MR) is 61.5 cm³/mol. The maximum Gasteiger partial charge on any atom is 0.0565 e. The van der Waals surface area contributed by atoms with Crippen molar-refractivity contribution in [2.24, 2.45) is 4.99 Å². The van der Waals surface area contributed by atoms with E-state index in [1.807, 2.05) is 0 Å². The first-order valence-electron chi connectivity index (χ1n) is 4.11. The van der Waals surface area contributed by atoms with E-state index in [9.17, 15) is 0 Å². The van der Waals surface area contributed by atoms with Gasteiger partial charge in [0.25, 0.3) is 0 Å². The molecule has 0 amide bonds. The second-order valence-corrected chi connectivity index (χ2v) is 4.78. The third-order valence-electron chi connectivity index (χ3n) is 2.18. The topological polar surface area (TPSA) is 12.4 Å². The maximum atomic E-state index is 4.12. The highest BCUT2D eigenvalue weighted by atomic mass is 79.9. The Morgan fingerprint density at radius 2 is 2.15 bits per heavy atom. The van der Waals surface area contributed by atoms with Crippen LogP contribution in [0.2, 0.25) is 0 Å². The van der Waals surface area contributed by atoms with Gasteiger partial charge in [0.1, 0.15) is 0 Å². The summed E-state index contributed by atoms with van der Waals surface area (Å²) in [6.07, 6.45) is 3.96. The fourth-order valence-electron chi connectivity index (χ4n) is 1.40. The van der Waals surface area contributed by atoms with Crippen molar-refractivity contribution >= 4 is 38.1 Å². The highest BCUT2D eigenvalue weighted by molar-refractivity contribution is 9.13. The number of halogens is 2. The lowest BCUT2D eigenvalue weighted by Gasteiger charge is -2.08. The number of benzene rings is 1. The number of rotatable bonds is 1. The number of nitrogens with zero attached hydrogens (tertiary/aromatic N) is 1. The molecule has 1 radical (unpaired) electrons. The average molecular weight is 302 g/mol. The van der Waals surface area contributed by atoms with Gasteiger partial charge in [0.2, 0.25) is 0 Å². The van der Waals surface area contributed by atoms with Crippen LogP contribution in [0.5, 0.6) is 0 Å². The molecule has 1 heterocycles. The van der Waals surface area contributed by atoms with E-state index >= 15 is 0 Å². The van der Waals surface area contributed by atoms with Gasteiger partial charge in [-0.3, -0.25) is 4.99 Å². The van der Waals surface area contributed by atoms with E-state index in [4.69, 9.17) is 0 Å². The highest BCUT2D eigenvalue weighted by Gasteiger charge is 2.14. The van der Waals surface area contributed by atoms with Crippen molar-refractivity contribution in [1.82, 2.24) is 0 Å². The van der Waals surface area contributed by atoms with Gasteiger partial charge in [-0.25, -0.2) is 0 Å². The molecule has 3 heteroatoms. The Balaban J connectivity index is 2.26. The monoisotopic (exact) mass is 300 g/mol. The van der Waals surface area contributed by atoms with Crippen molar-refractivity contribution in [2.45, 2.75) is 12.3 Å². The molecule has 1 unspecified atom stereocenters. The first-order chi connectivity index (χ1) is 6.27. The summed E-state index contributed by atoms with van der Waals surface area (Å²) in [4.78, 5) is 4.12. The third-order valence-corrected chi connectivity index (χ3v) is 4.06. The minimum Gasteiger partial charge on any atom is -0.287 e. The summed E-state index contributed by atoms with van der Waals surface area (Å²) in [5, 5.41) is 0. The molecule has 1 aliphatic heterocycles. The second kappa shape index (κ2) is 3.93. The zero-order valence-electron chi connectivity index (χ0n) is 6.93. The van der Waals surface area contributed by atoms with Crippen LogP contribution in [0.1, 0.15) is 17.9 Å². The summed E-state index contributed by atoms with van der Waals surface area (Å²) in [7, 11) is 0. The molecule has 13 heavy (non-hydrogen) atoms.